The number of halogens is 2. The number of ether oxygens (including phenoxy) is 1. The maximum Gasteiger partial charge on any atom is 0.242 e. The molecule has 0 saturated heterocycles. The lowest BCUT2D eigenvalue weighted by Gasteiger charge is -2.32. The van der Waals surface area contributed by atoms with Gasteiger partial charge in [-0.3, -0.25) is 13.9 Å². The predicted octanol–water partition coefficient (Wildman–Crippen LogP) is 5.41. The number of hydrogen-bond donors (Lipinski definition) is 1. The van der Waals surface area contributed by atoms with Crippen LogP contribution < -0.4 is 14.4 Å². The molecule has 1 atom stereocenters. The molecule has 1 N–H and O–H groups in total. The van der Waals surface area contributed by atoms with Crippen molar-refractivity contribution < 1.29 is 22.7 Å². The number of nitrogens with zero attached hydrogens (tertiary/aromatic N) is 2. The normalized spacial score (nSPS) is 14.9. The molecule has 0 unspecified atom stereocenters. The maximum atomic E-state index is 13.5. The summed E-state index contributed by atoms with van der Waals surface area (Å²) in [5, 5.41) is 3.98. The topological polar surface area (TPSA) is 96.0 Å². The van der Waals surface area contributed by atoms with Gasteiger partial charge in [0.25, 0.3) is 0 Å². The first kappa shape index (κ1) is 31.0. The van der Waals surface area contributed by atoms with Gasteiger partial charge in [-0.1, -0.05) is 60.7 Å². The van der Waals surface area contributed by atoms with Crippen LogP contribution in [0.15, 0.2) is 42.5 Å². The second kappa shape index (κ2) is 14.2. The summed E-state index contributed by atoms with van der Waals surface area (Å²) in [6, 6.07) is 11.2. The molecule has 3 rings (SSSR count). The van der Waals surface area contributed by atoms with Gasteiger partial charge in [0.05, 0.1) is 19.1 Å². The second-order valence-corrected chi connectivity index (χ2v) is 12.6. The number of methoxy groups -OCH3 is 1. The fourth-order valence-electron chi connectivity index (χ4n) is 4.80. The highest BCUT2D eigenvalue weighted by atomic mass is 35.5. The molecule has 1 fully saturated rings. The van der Waals surface area contributed by atoms with Gasteiger partial charge in [-0.2, -0.15) is 0 Å². The standard InChI is InChI=1S/C28H37Cl2N3O5S/c1-20(28(35)31-23-10-5-4-6-11-23)32(19-21-15-16-22(29)18-24(21)30)27(34)14-9-17-33(39(3,36)37)25-12-7-8-13-26(25)38-2/h7-8,12-13,15-16,18,20,23H,4-6,9-11,14,17,19H2,1-3H3,(H,31,35)/t20-/m1/s1. The van der Waals surface area contributed by atoms with Crippen molar-refractivity contribution in [2.75, 3.05) is 24.2 Å². The molecule has 39 heavy (non-hydrogen) atoms. The third-order valence-corrected chi connectivity index (χ3v) is 8.75. The summed E-state index contributed by atoms with van der Waals surface area (Å²) in [5.74, 6) is -0.0748. The average molecular weight is 599 g/mol. The summed E-state index contributed by atoms with van der Waals surface area (Å²) < 4.78 is 31.8. The predicted molar refractivity (Wildman–Crippen MR) is 156 cm³/mol. The van der Waals surface area contributed by atoms with E-state index in [1.54, 1.807) is 49.4 Å². The van der Waals surface area contributed by atoms with E-state index in [0.29, 0.717) is 27.0 Å². The Bertz CT molecular complexity index is 1250. The Morgan fingerprint density at radius 3 is 2.44 bits per heavy atom. The minimum atomic E-state index is -3.64. The molecule has 1 saturated carbocycles. The van der Waals surface area contributed by atoms with Crippen LogP contribution >= 0.6 is 23.2 Å². The fraction of sp³-hybridized carbons (Fsp3) is 0.500. The maximum absolute atomic E-state index is 13.5. The van der Waals surface area contributed by atoms with Gasteiger partial charge in [-0.25, -0.2) is 8.42 Å². The van der Waals surface area contributed by atoms with Gasteiger partial charge in [-0.15, -0.1) is 0 Å². The molecule has 0 aliphatic heterocycles. The Kier molecular flexibility index (Phi) is 11.3. The van der Waals surface area contributed by atoms with Crippen molar-refractivity contribution in [3.63, 3.8) is 0 Å². The van der Waals surface area contributed by atoms with Gasteiger partial charge in [0, 0.05) is 35.6 Å². The highest BCUT2D eigenvalue weighted by Crippen LogP contribution is 2.30. The van der Waals surface area contributed by atoms with Crippen molar-refractivity contribution in [3.05, 3.63) is 58.1 Å². The Balaban J connectivity index is 1.76. The SMILES string of the molecule is COc1ccccc1N(CCCC(=O)N(Cc1ccc(Cl)cc1Cl)[C@H](C)C(=O)NC1CCCCC1)S(C)(=O)=O. The van der Waals surface area contributed by atoms with Crippen LogP contribution in [0.5, 0.6) is 5.75 Å². The van der Waals surface area contributed by atoms with Crippen LogP contribution in [-0.4, -0.2) is 57.1 Å². The lowest BCUT2D eigenvalue weighted by molar-refractivity contribution is -0.141. The third-order valence-electron chi connectivity index (χ3n) is 6.98. The molecule has 0 radical (unpaired) electrons. The highest BCUT2D eigenvalue weighted by molar-refractivity contribution is 7.92. The third kappa shape index (κ3) is 8.75. The summed E-state index contributed by atoms with van der Waals surface area (Å²) in [4.78, 5) is 28.2. The first-order valence-electron chi connectivity index (χ1n) is 13.2. The van der Waals surface area contributed by atoms with Crippen LogP contribution in [0, 0.1) is 0 Å². The molecule has 1 aliphatic rings. The molecule has 8 nitrogen and oxygen atoms in total. The largest absolute Gasteiger partial charge is 0.495 e. The number of anilines is 1. The van der Waals surface area contributed by atoms with Crippen LogP contribution in [0.4, 0.5) is 5.69 Å². The molecular formula is C28H37Cl2N3O5S. The van der Waals surface area contributed by atoms with Crippen molar-refractivity contribution >= 4 is 50.7 Å². The minimum absolute atomic E-state index is 0.0351. The van der Waals surface area contributed by atoms with E-state index in [1.165, 1.54) is 22.7 Å². The van der Waals surface area contributed by atoms with Crippen molar-refractivity contribution in [3.8, 4) is 5.75 Å². The summed E-state index contributed by atoms with van der Waals surface area (Å²) in [5.41, 5.74) is 1.07. The number of benzene rings is 2. The quantitative estimate of drug-likeness (QED) is 0.352. The van der Waals surface area contributed by atoms with Gasteiger partial charge in [0.2, 0.25) is 21.8 Å². The van der Waals surface area contributed by atoms with Crippen LogP contribution in [0.25, 0.3) is 0 Å². The average Bonchev–Trinajstić information content (AvgIpc) is 2.90. The van der Waals surface area contributed by atoms with E-state index >= 15 is 0 Å². The van der Waals surface area contributed by atoms with E-state index in [1.807, 2.05) is 0 Å². The van der Waals surface area contributed by atoms with E-state index in [2.05, 4.69) is 5.32 Å². The number of amides is 2. The molecule has 214 valence electrons. The van der Waals surface area contributed by atoms with Crippen LogP contribution in [-0.2, 0) is 26.2 Å². The summed E-state index contributed by atoms with van der Waals surface area (Å²) in [6.07, 6.45) is 6.57. The molecule has 2 aromatic rings. The molecule has 1 aliphatic carbocycles. The molecular weight excluding hydrogens is 561 g/mol. The lowest BCUT2D eigenvalue weighted by atomic mass is 9.95. The molecule has 0 bridgehead atoms. The number of para-hydroxylation sites is 2. The number of rotatable bonds is 12. The van der Waals surface area contributed by atoms with E-state index < -0.39 is 16.1 Å². The van der Waals surface area contributed by atoms with Gasteiger partial charge in [0.15, 0.2) is 0 Å². The van der Waals surface area contributed by atoms with Gasteiger partial charge < -0.3 is 15.0 Å². The monoisotopic (exact) mass is 597 g/mol. The van der Waals surface area contributed by atoms with E-state index in [9.17, 15) is 18.0 Å². The fourth-order valence-corrected chi connectivity index (χ4v) is 6.24. The van der Waals surface area contributed by atoms with Crippen molar-refractivity contribution in [1.29, 1.82) is 0 Å². The number of nitrogens with one attached hydrogen (secondary N) is 1. The lowest BCUT2D eigenvalue weighted by Crippen LogP contribution is -2.50. The van der Waals surface area contributed by atoms with Gasteiger partial charge >= 0.3 is 0 Å². The van der Waals surface area contributed by atoms with Crippen molar-refractivity contribution in [2.24, 2.45) is 0 Å². The first-order valence-corrected chi connectivity index (χ1v) is 15.8. The van der Waals surface area contributed by atoms with Crippen molar-refractivity contribution in [1.82, 2.24) is 10.2 Å². The summed E-state index contributed by atoms with van der Waals surface area (Å²) >= 11 is 12.5. The van der Waals surface area contributed by atoms with Gasteiger partial charge in [-0.05, 0) is 56.0 Å². The molecule has 2 aromatic carbocycles. The zero-order chi connectivity index (χ0) is 28.6. The molecule has 0 spiro atoms. The first-order chi connectivity index (χ1) is 18.5. The van der Waals surface area contributed by atoms with Crippen molar-refractivity contribution in [2.45, 2.75) is 70.5 Å². The Labute approximate surface area is 241 Å². The van der Waals surface area contributed by atoms with E-state index in [0.717, 1.165) is 31.9 Å². The van der Waals surface area contributed by atoms with E-state index in [4.69, 9.17) is 27.9 Å². The Morgan fingerprint density at radius 2 is 1.79 bits per heavy atom. The molecule has 11 heteroatoms. The smallest absolute Gasteiger partial charge is 0.242 e. The molecule has 0 heterocycles. The number of hydrogen-bond acceptors (Lipinski definition) is 5. The number of sulfonamides is 1. The summed E-state index contributed by atoms with van der Waals surface area (Å²) in [6.45, 7) is 1.90. The molecule has 0 aromatic heterocycles. The highest BCUT2D eigenvalue weighted by Gasteiger charge is 2.29. The number of carbonyl (C=O) groups is 2. The Hall–Kier alpha value is -2.49. The Morgan fingerprint density at radius 1 is 1.10 bits per heavy atom. The van der Waals surface area contributed by atoms with Crippen LogP contribution in [0.3, 0.4) is 0 Å². The van der Waals surface area contributed by atoms with Crippen LogP contribution in [0.2, 0.25) is 10.0 Å². The molecule has 2 amide bonds. The van der Waals surface area contributed by atoms with E-state index in [-0.39, 0.29) is 43.8 Å². The minimum Gasteiger partial charge on any atom is -0.495 e. The number of carbonyl (C=O) groups excluding carboxylic acids is 2. The summed E-state index contributed by atoms with van der Waals surface area (Å²) in [7, 11) is -2.16. The second-order valence-electron chi connectivity index (χ2n) is 9.89. The van der Waals surface area contributed by atoms with Gasteiger partial charge in [0.1, 0.15) is 11.8 Å². The zero-order valence-electron chi connectivity index (χ0n) is 22.7. The van der Waals surface area contributed by atoms with Crippen LogP contribution in [0.1, 0.15) is 57.4 Å². The zero-order valence-corrected chi connectivity index (χ0v) is 25.0.